The summed E-state index contributed by atoms with van der Waals surface area (Å²) >= 11 is 0. The highest BCUT2D eigenvalue weighted by atomic mass is 16.1. The number of hydrogen-bond donors (Lipinski definition) is 1. The first-order chi connectivity index (χ1) is 4.88. The summed E-state index contributed by atoms with van der Waals surface area (Å²) in [6.45, 7) is 7.15. The largest absolute Gasteiger partial charge is 0.340 e. The van der Waals surface area contributed by atoms with E-state index in [1.807, 2.05) is 26.8 Å². The Balaban J connectivity index is 4.22. The maximum absolute atomic E-state index is 10.6. The second-order valence-corrected chi connectivity index (χ2v) is 3.63. The maximum atomic E-state index is 10.6. The van der Waals surface area contributed by atoms with Crippen LogP contribution in [0, 0.1) is 16.7 Å². The van der Waals surface area contributed by atoms with Crippen molar-refractivity contribution in [1.82, 2.24) is 5.32 Å². The Bertz CT molecular complexity index is 185. The van der Waals surface area contributed by atoms with Gasteiger partial charge in [-0.3, -0.25) is 4.79 Å². The fourth-order valence-electron chi connectivity index (χ4n) is 0.646. The van der Waals surface area contributed by atoms with Gasteiger partial charge in [0.05, 0.1) is 6.07 Å². The Morgan fingerprint density at radius 2 is 2.00 bits per heavy atom. The lowest BCUT2D eigenvalue weighted by Crippen LogP contribution is -2.41. The quantitative estimate of drug-likeness (QED) is 0.614. The zero-order valence-corrected chi connectivity index (χ0v) is 7.43. The number of carbonyl (C=O) groups excluding carboxylic acids is 1. The third kappa shape index (κ3) is 3.61. The number of nitrogens with zero attached hydrogens (tertiary/aromatic N) is 1. The van der Waals surface area contributed by atoms with Gasteiger partial charge in [0, 0.05) is 6.92 Å². The normalized spacial score (nSPS) is 13.4. The van der Waals surface area contributed by atoms with E-state index in [-0.39, 0.29) is 11.3 Å². The first-order valence-corrected chi connectivity index (χ1v) is 3.54. The molecule has 3 heteroatoms. The summed E-state index contributed by atoms with van der Waals surface area (Å²) in [5.41, 5.74) is -0.194. The molecule has 1 N–H and O–H groups in total. The number of carbonyl (C=O) groups is 1. The van der Waals surface area contributed by atoms with Gasteiger partial charge < -0.3 is 5.32 Å². The molecule has 0 bridgehead atoms. The molecule has 11 heavy (non-hydrogen) atoms. The van der Waals surface area contributed by atoms with Crippen LogP contribution in [0.5, 0.6) is 0 Å². The Labute approximate surface area is 67.4 Å². The molecule has 1 amide bonds. The number of nitriles is 1. The number of nitrogens with one attached hydrogen (secondary N) is 1. The summed E-state index contributed by atoms with van der Waals surface area (Å²) < 4.78 is 0. The molecule has 62 valence electrons. The van der Waals surface area contributed by atoms with Crippen molar-refractivity contribution in [1.29, 1.82) is 5.26 Å². The molecule has 0 radical (unpaired) electrons. The van der Waals surface area contributed by atoms with E-state index in [2.05, 4.69) is 5.32 Å². The second-order valence-electron chi connectivity index (χ2n) is 3.63. The van der Waals surface area contributed by atoms with Crippen molar-refractivity contribution in [2.75, 3.05) is 0 Å². The van der Waals surface area contributed by atoms with Gasteiger partial charge in [0.15, 0.2) is 0 Å². The fourth-order valence-corrected chi connectivity index (χ4v) is 0.646. The fraction of sp³-hybridized carbons (Fsp3) is 0.750. The molecule has 0 aromatic rings. The van der Waals surface area contributed by atoms with E-state index in [1.165, 1.54) is 6.92 Å². The molecule has 3 nitrogen and oxygen atoms in total. The molecular formula is C8H14N2O. The molecular weight excluding hydrogens is 140 g/mol. The van der Waals surface area contributed by atoms with Crippen molar-refractivity contribution in [3.05, 3.63) is 0 Å². The van der Waals surface area contributed by atoms with Gasteiger partial charge in [0.25, 0.3) is 0 Å². The van der Waals surface area contributed by atoms with Gasteiger partial charge in [-0.2, -0.15) is 5.26 Å². The molecule has 0 unspecified atom stereocenters. The smallest absolute Gasteiger partial charge is 0.217 e. The minimum Gasteiger partial charge on any atom is -0.340 e. The summed E-state index contributed by atoms with van der Waals surface area (Å²) in [4.78, 5) is 10.6. The van der Waals surface area contributed by atoms with E-state index in [1.54, 1.807) is 0 Å². The van der Waals surface area contributed by atoms with E-state index >= 15 is 0 Å². The molecule has 0 aliphatic heterocycles. The van der Waals surface area contributed by atoms with Crippen molar-refractivity contribution >= 4 is 5.91 Å². The lowest BCUT2D eigenvalue weighted by molar-refractivity contribution is -0.119. The zero-order valence-electron chi connectivity index (χ0n) is 7.43. The zero-order chi connectivity index (χ0) is 9.07. The predicted octanol–water partition coefficient (Wildman–Crippen LogP) is 1.06. The van der Waals surface area contributed by atoms with E-state index < -0.39 is 6.04 Å². The number of rotatable bonds is 1. The van der Waals surface area contributed by atoms with Crippen molar-refractivity contribution in [3.63, 3.8) is 0 Å². The topological polar surface area (TPSA) is 52.9 Å². The Hall–Kier alpha value is -1.04. The van der Waals surface area contributed by atoms with E-state index in [4.69, 9.17) is 5.26 Å². The lowest BCUT2D eigenvalue weighted by atomic mass is 9.88. The number of hydrogen-bond acceptors (Lipinski definition) is 2. The molecule has 0 saturated carbocycles. The van der Waals surface area contributed by atoms with Crippen LogP contribution in [0.15, 0.2) is 0 Å². The molecule has 0 aliphatic rings. The summed E-state index contributed by atoms with van der Waals surface area (Å²) in [7, 11) is 0. The molecule has 1 atom stereocenters. The van der Waals surface area contributed by atoms with Crippen LogP contribution in [0.25, 0.3) is 0 Å². The molecule has 0 spiro atoms. The van der Waals surface area contributed by atoms with Gasteiger partial charge in [-0.05, 0) is 5.41 Å². The lowest BCUT2D eigenvalue weighted by Gasteiger charge is -2.24. The van der Waals surface area contributed by atoms with Crippen LogP contribution in [0.4, 0.5) is 0 Å². The standard InChI is InChI=1S/C8H14N2O/c1-6(11)10-7(5-9)8(2,3)4/h7H,1-4H3,(H,10,11)/t7-/m1/s1. The third-order valence-electron chi connectivity index (χ3n) is 1.34. The Kier molecular flexibility index (Phi) is 3.06. The van der Waals surface area contributed by atoms with E-state index in [0.717, 1.165) is 0 Å². The second kappa shape index (κ2) is 3.38. The average molecular weight is 154 g/mol. The molecule has 0 fully saturated rings. The van der Waals surface area contributed by atoms with E-state index in [9.17, 15) is 4.79 Å². The molecule has 0 aliphatic carbocycles. The van der Waals surface area contributed by atoms with Crippen LogP contribution in [0.2, 0.25) is 0 Å². The predicted molar refractivity (Wildman–Crippen MR) is 42.7 cm³/mol. The van der Waals surface area contributed by atoms with Crippen LogP contribution < -0.4 is 5.32 Å². The highest BCUT2D eigenvalue weighted by molar-refractivity contribution is 5.73. The molecule has 0 heterocycles. The summed E-state index contributed by atoms with van der Waals surface area (Å²) in [6, 6.07) is 1.64. The van der Waals surface area contributed by atoms with Crippen molar-refractivity contribution < 1.29 is 4.79 Å². The van der Waals surface area contributed by atoms with Gasteiger partial charge in [-0.15, -0.1) is 0 Å². The minimum absolute atomic E-state index is 0.161. The van der Waals surface area contributed by atoms with Crippen LogP contribution in [0.3, 0.4) is 0 Å². The summed E-state index contributed by atoms with van der Waals surface area (Å²) in [6.07, 6.45) is 0. The monoisotopic (exact) mass is 154 g/mol. The Morgan fingerprint density at radius 1 is 1.55 bits per heavy atom. The third-order valence-corrected chi connectivity index (χ3v) is 1.34. The van der Waals surface area contributed by atoms with Crippen LogP contribution in [-0.4, -0.2) is 11.9 Å². The maximum Gasteiger partial charge on any atom is 0.217 e. The van der Waals surface area contributed by atoms with Gasteiger partial charge >= 0.3 is 0 Å². The highest BCUT2D eigenvalue weighted by Crippen LogP contribution is 2.18. The minimum atomic E-state index is -0.403. The SMILES string of the molecule is CC(=O)N[C@H](C#N)C(C)(C)C. The van der Waals surface area contributed by atoms with E-state index in [0.29, 0.717) is 0 Å². The molecule has 0 saturated heterocycles. The van der Waals surface area contributed by atoms with Gasteiger partial charge in [-0.1, -0.05) is 20.8 Å². The van der Waals surface area contributed by atoms with Gasteiger partial charge in [0.2, 0.25) is 5.91 Å². The molecule has 0 aromatic carbocycles. The van der Waals surface area contributed by atoms with Crippen molar-refractivity contribution in [2.24, 2.45) is 5.41 Å². The number of amides is 1. The average Bonchev–Trinajstić information content (AvgIpc) is 1.79. The van der Waals surface area contributed by atoms with Gasteiger partial charge in [-0.25, -0.2) is 0 Å². The first-order valence-electron chi connectivity index (χ1n) is 3.54. The highest BCUT2D eigenvalue weighted by Gasteiger charge is 2.24. The molecule has 0 rings (SSSR count). The first kappa shape index (κ1) is 9.96. The van der Waals surface area contributed by atoms with Gasteiger partial charge in [0.1, 0.15) is 6.04 Å². The van der Waals surface area contributed by atoms with Crippen molar-refractivity contribution in [3.8, 4) is 6.07 Å². The molecule has 0 aromatic heterocycles. The summed E-state index contributed by atoms with van der Waals surface area (Å²) in [5, 5.41) is 11.2. The van der Waals surface area contributed by atoms with Crippen LogP contribution in [0.1, 0.15) is 27.7 Å². The van der Waals surface area contributed by atoms with Crippen molar-refractivity contribution in [2.45, 2.75) is 33.7 Å². The summed E-state index contributed by atoms with van der Waals surface area (Å²) in [5.74, 6) is -0.161. The Morgan fingerprint density at radius 3 is 2.09 bits per heavy atom. The van der Waals surface area contributed by atoms with Crippen LogP contribution in [-0.2, 0) is 4.79 Å². The van der Waals surface area contributed by atoms with Crippen LogP contribution >= 0.6 is 0 Å².